The highest BCUT2D eigenvalue weighted by molar-refractivity contribution is 5.94. The average molecular weight is 497 g/mol. The van der Waals surface area contributed by atoms with Gasteiger partial charge in [-0.3, -0.25) is 9.89 Å². The first-order chi connectivity index (χ1) is 17.4. The number of aryl methyl sites for hydroxylation is 1. The van der Waals surface area contributed by atoms with Crippen molar-refractivity contribution in [2.75, 3.05) is 24.4 Å². The summed E-state index contributed by atoms with van der Waals surface area (Å²) in [4.78, 5) is 19.5. The molecule has 0 saturated heterocycles. The van der Waals surface area contributed by atoms with Crippen LogP contribution in [0.5, 0.6) is 11.5 Å². The first-order valence-electron chi connectivity index (χ1n) is 11.3. The third kappa shape index (κ3) is 6.65. The molecule has 188 valence electrons. The van der Waals surface area contributed by atoms with Gasteiger partial charge in [0.1, 0.15) is 18.2 Å². The molecule has 9 nitrogen and oxygen atoms in total. The summed E-state index contributed by atoms with van der Waals surface area (Å²) >= 11 is 0. The summed E-state index contributed by atoms with van der Waals surface area (Å²) in [6.07, 6.45) is 0.853. The summed E-state index contributed by atoms with van der Waals surface area (Å²) in [5.74, 6) is 2.66. The standard InChI is InChI=1S/C14H13F2N5O.C11H13NO2/c1-8-17-6-11(22-7-12(15)16)14(18-8)19-13-9-4-2-3-5-10(9)20-21-13;1-14-10-6-4-9(5-7-10)12-11(13)8-2-3-8/h2-6,12H,7H2,1H3,(H2,17,18,19,20,21);4-8H,2-3H2,1H3,(H,12,13). The van der Waals surface area contributed by atoms with Crippen molar-refractivity contribution >= 4 is 34.1 Å². The normalized spacial score (nSPS) is 12.6. The molecule has 0 atom stereocenters. The molecule has 0 radical (unpaired) electrons. The van der Waals surface area contributed by atoms with Crippen LogP contribution in [0, 0.1) is 12.8 Å². The monoisotopic (exact) mass is 496 g/mol. The molecule has 11 heteroatoms. The zero-order valence-electron chi connectivity index (χ0n) is 19.8. The maximum atomic E-state index is 12.3. The molecule has 2 aromatic carbocycles. The number of para-hydroxylation sites is 1. The lowest BCUT2D eigenvalue weighted by molar-refractivity contribution is -0.117. The molecule has 1 amide bonds. The van der Waals surface area contributed by atoms with Gasteiger partial charge in [0, 0.05) is 17.0 Å². The fourth-order valence-electron chi connectivity index (χ4n) is 3.24. The van der Waals surface area contributed by atoms with Crippen molar-refractivity contribution in [3.05, 3.63) is 60.6 Å². The smallest absolute Gasteiger partial charge is 0.272 e. The van der Waals surface area contributed by atoms with Gasteiger partial charge in [-0.1, -0.05) is 12.1 Å². The molecule has 36 heavy (non-hydrogen) atoms. The molecule has 0 bridgehead atoms. The van der Waals surface area contributed by atoms with E-state index in [2.05, 4.69) is 30.8 Å². The number of halogens is 2. The molecule has 0 aliphatic heterocycles. The summed E-state index contributed by atoms with van der Waals surface area (Å²) in [6, 6.07) is 14.9. The minimum Gasteiger partial charge on any atom is -0.497 e. The number of ether oxygens (including phenoxy) is 2. The Balaban J connectivity index is 0.000000187. The molecule has 1 aliphatic carbocycles. The fourth-order valence-corrected chi connectivity index (χ4v) is 3.24. The summed E-state index contributed by atoms with van der Waals surface area (Å²) < 4.78 is 34.7. The Morgan fingerprint density at radius 1 is 1.14 bits per heavy atom. The number of hydrogen-bond donors (Lipinski definition) is 3. The van der Waals surface area contributed by atoms with Crippen LogP contribution < -0.4 is 20.1 Å². The summed E-state index contributed by atoms with van der Waals surface area (Å²) in [5.41, 5.74) is 1.69. The number of carbonyl (C=O) groups is 1. The zero-order valence-corrected chi connectivity index (χ0v) is 19.8. The second kappa shape index (κ2) is 11.4. The van der Waals surface area contributed by atoms with Crippen molar-refractivity contribution in [2.24, 2.45) is 5.92 Å². The summed E-state index contributed by atoms with van der Waals surface area (Å²) in [5, 5.41) is 13.7. The third-order valence-corrected chi connectivity index (χ3v) is 5.25. The second-order valence-electron chi connectivity index (χ2n) is 8.07. The molecular formula is C25H26F2N6O3. The number of rotatable bonds is 8. The number of aromatic nitrogens is 4. The highest BCUT2D eigenvalue weighted by Crippen LogP contribution is 2.30. The van der Waals surface area contributed by atoms with Gasteiger partial charge in [0.05, 0.1) is 18.8 Å². The van der Waals surface area contributed by atoms with Crippen LogP contribution >= 0.6 is 0 Å². The van der Waals surface area contributed by atoms with E-state index in [1.165, 1.54) is 6.20 Å². The molecule has 1 saturated carbocycles. The van der Waals surface area contributed by atoms with Crippen LogP contribution in [0.25, 0.3) is 10.9 Å². The molecule has 0 unspecified atom stereocenters. The average Bonchev–Trinajstić information content (AvgIpc) is 3.66. The number of alkyl halides is 2. The van der Waals surface area contributed by atoms with E-state index >= 15 is 0 Å². The van der Waals surface area contributed by atoms with E-state index < -0.39 is 13.0 Å². The van der Waals surface area contributed by atoms with Gasteiger partial charge in [-0.05, 0) is 56.2 Å². The van der Waals surface area contributed by atoms with Gasteiger partial charge in [0.15, 0.2) is 17.4 Å². The molecule has 2 heterocycles. The van der Waals surface area contributed by atoms with E-state index in [0.29, 0.717) is 17.5 Å². The third-order valence-electron chi connectivity index (χ3n) is 5.25. The maximum Gasteiger partial charge on any atom is 0.272 e. The van der Waals surface area contributed by atoms with Crippen molar-refractivity contribution in [3.63, 3.8) is 0 Å². The lowest BCUT2D eigenvalue weighted by Gasteiger charge is -2.11. The van der Waals surface area contributed by atoms with Gasteiger partial charge in [-0.25, -0.2) is 18.7 Å². The van der Waals surface area contributed by atoms with Crippen molar-refractivity contribution in [1.82, 2.24) is 20.2 Å². The second-order valence-corrected chi connectivity index (χ2v) is 8.07. The van der Waals surface area contributed by atoms with Gasteiger partial charge in [0.2, 0.25) is 5.91 Å². The highest BCUT2D eigenvalue weighted by atomic mass is 19.3. The first-order valence-corrected chi connectivity index (χ1v) is 11.3. The van der Waals surface area contributed by atoms with Gasteiger partial charge in [0.25, 0.3) is 6.43 Å². The van der Waals surface area contributed by atoms with Crippen molar-refractivity contribution in [1.29, 1.82) is 0 Å². The van der Waals surface area contributed by atoms with E-state index in [-0.39, 0.29) is 17.6 Å². The van der Waals surface area contributed by atoms with Crippen LogP contribution in [0.1, 0.15) is 18.7 Å². The predicted molar refractivity (Wildman–Crippen MR) is 132 cm³/mol. The lowest BCUT2D eigenvalue weighted by atomic mass is 10.2. The molecule has 1 fully saturated rings. The van der Waals surface area contributed by atoms with E-state index in [1.54, 1.807) is 14.0 Å². The first kappa shape index (κ1) is 24.8. The Morgan fingerprint density at radius 2 is 1.89 bits per heavy atom. The zero-order chi connectivity index (χ0) is 25.5. The Bertz CT molecular complexity index is 1310. The lowest BCUT2D eigenvalue weighted by Crippen LogP contribution is -2.12. The quantitative estimate of drug-likeness (QED) is 0.311. The van der Waals surface area contributed by atoms with Crippen molar-refractivity contribution in [2.45, 2.75) is 26.2 Å². The van der Waals surface area contributed by atoms with Gasteiger partial charge in [-0.2, -0.15) is 5.10 Å². The SMILES string of the molecule is COc1ccc(NC(=O)C2CC2)cc1.Cc1ncc(OCC(F)F)c(Nc2n[nH]c3ccccc23)n1. The number of benzene rings is 2. The molecular weight excluding hydrogens is 470 g/mol. The fraction of sp³-hybridized carbons (Fsp3) is 0.280. The van der Waals surface area contributed by atoms with Crippen molar-refractivity contribution < 1.29 is 23.0 Å². The summed E-state index contributed by atoms with van der Waals surface area (Å²) in [6.45, 7) is 0.979. The van der Waals surface area contributed by atoms with Crippen LogP contribution in [0.3, 0.4) is 0 Å². The van der Waals surface area contributed by atoms with Crippen LogP contribution in [-0.4, -0.2) is 46.2 Å². The van der Waals surface area contributed by atoms with Gasteiger partial charge in [-0.15, -0.1) is 0 Å². The number of amides is 1. The van der Waals surface area contributed by atoms with E-state index in [1.807, 2.05) is 48.5 Å². The number of aromatic amines is 1. The Labute approximate surface area is 206 Å². The number of hydrogen-bond acceptors (Lipinski definition) is 7. The van der Waals surface area contributed by atoms with E-state index in [0.717, 1.165) is 35.2 Å². The van der Waals surface area contributed by atoms with Gasteiger partial charge < -0.3 is 20.1 Å². The van der Waals surface area contributed by atoms with Crippen LogP contribution in [-0.2, 0) is 4.79 Å². The predicted octanol–water partition coefficient (Wildman–Crippen LogP) is 5.09. The Hall–Kier alpha value is -4.28. The number of anilines is 3. The van der Waals surface area contributed by atoms with E-state index in [9.17, 15) is 13.6 Å². The highest BCUT2D eigenvalue weighted by Gasteiger charge is 2.29. The molecule has 2 aromatic heterocycles. The van der Waals surface area contributed by atoms with Crippen molar-refractivity contribution in [3.8, 4) is 11.5 Å². The molecule has 4 aromatic rings. The summed E-state index contributed by atoms with van der Waals surface area (Å²) in [7, 11) is 1.62. The number of carbonyl (C=O) groups excluding carboxylic acids is 1. The number of fused-ring (bicyclic) bond motifs is 1. The topological polar surface area (TPSA) is 114 Å². The number of methoxy groups -OCH3 is 1. The number of H-pyrrole nitrogens is 1. The van der Waals surface area contributed by atoms with Crippen LogP contribution in [0.15, 0.2) is 54.7 Å². The molecule has 1 aliphatic rings. The van der Waals surface area contributed by atoms with Gasteiger partial charge >= 0.3 is 0 Å². The molecule has 5 rings (SSSR count). The largest absolute Gasteiger partial charge is 0.497 e. The van der Waals surface area contributed by atoms with E-state index in [4.69, 9.17) is 9.47 Å². The minimum atomic E-state index is -2.57. The number of nitrogens with zero attached hydrogens (tertiary/aromatic N) is 3. The Kier molecular flexibility index (Phi) is 7.89. The molecule has 3 N–H and O–H groups in total. The minimum absolute atomic E-state index is 0.134. The maximum absolute atomic E-state index is 12.3. The molecule has 0 spiro atoms. The Morgan fingerprint density at radius 3 is 2.58 bits per heavy atom. The van der Waals surface area contributed by atoms with Crippen LogP contribution in [0.4, 0.5) is 26.1 Å². The number of nitrogens with one attached hydrogen (secondary N) is 3. The van der Waals surface area contributed by atoms with Crippen LogP contribution in [0.2, 0.25) is 0 Å².